The zero-order chi connectivity index (χ0) is 15.9. The fourth-order valence-electron chi connectivity index (χ4n) is 2.74. The second-order valence-electron chi connectivity index (χ2n) is 6.28. The van der Waals surface area contributed by atoms with E-state index in [9.17, 15) is 9.90 Å². The van der Waals surface area contributed by atoms with Crippen LogP contribution in [0.1, 0.15) is 97.3 Å². The highest BCUT2D eigenvalue weighted by atomic mass is 35.5. The van der Waals surface area contributed by atoms with Gasteiger partial charge in [0, 0.05) is 17.3 Å². The Kier molecular flexibility index (Phi) is 14.5. The average Bonchev–Trinajstić information content (AvgIpc) is 2.43. The topological polar surface area (TPSA) is 40.1 Å². The minimum Gasteiger partial charge on any atom is -0.550 e. The summed E-state index contributed by atoms with van der Waals surface area (Å²) in [6.07, 6.45) is 16.2. The highest BCUT2D eigenvalue weighted by molar-refractivity contribution is 6.21. The lowest BCUT2D eigenvalue weighted by molar-refractivity contribution is -0.311. The molecule has 0 aromatic rings. The number of alkyl halides is 1. The van der Waals surface area contributed by atoms with Gasteiger partial charge in [-0.3, -0.25) is 0 Å². The van der Waals surface area contributed by atoms with Crippen LogP contribution in [0.4, 0.5) is 0 Å². The summed E-state index contributed by atoms with van der Waals surface area (Å²) < 4.78 is 0. The molecule has 0 aliphatic carbocycles. The number of rotatable bonds is 15. The lowest BCUT2D eigenvalue weighted by Gasteiger charge is -2.19. The van der Waals surface area contributed by atoms with E-state index in [1.807, 2.05) is 0 Å². The summed E-state index contributed by atoms with van der Waals surface area (Å²) in [5.41, 5.74) is 0. The molecular weight excluding hydrogens is 284 g/mol. The first-order chi connectivity index (χ1) is 10.1. The van der Waals surface area contributed by atoms with Crippen LogP contribution in [0, 0.1) is 5.92 Å². The van der Waals surface area contributed by atoms with Gasteiger partial charge in [0.2, 0.25) is 0 Å². The van der Waals surface area contributed by atoms with Crippen LogP contribution in [0.25, 0.3) is 0 Å². The third kappa shape index (κ3) is 13.2. The van der Waals surface area contributed by atoms with Gasteiger partial charge in [-0.2, -0.15) is 0 Å². The molecule has 0 spiro atoms. The first-order valence-corrected chi connectivity index (χ1v) is 9.38. The van der Waals surface area contributed by atoms with E-state index in [0.29, 0.717) is 6.42 Å². The summed E-state index contributed by atoms with van der Waals surface area (Å²) in [7, 11) is 0. The number of carbonyl (C=O) groups is 1. The molecule has 126 valence electrons. The summed E-state index contributed by atoms with van der Waals surface area (Å²) in [6.45, 7) is 3.99. The van der Waals surface area contributed by atoms with Crippen LogP contribution in [-0.4, -0.2) is 11.3 Å². The van der Waals surface area contributed by atoms with Gasteiger partial charge in [-0.15, -0.1) is 11.6 Å². The zero-order valence-electron chi connectivity index (χ0n) is 14.0. The smallest absolute Gasteiger partial charge is 0.0459 e. The van der Waals surface area contributed by atoms with Crippen LogP contribution < -0.4 is 5.11 Å². The fraction of sp³-hybridized carbons (Fsp3) is 0.944. The van der Waals surface area contributed by atoms with Crippen molar-refractivity contribution in [3.05, 3.63) is 0 Å². The molecule has 0 rings (SSSR count). The Bertz CT molecular complexity index is 241. The van der Waals surface area contributed by atoms with Crippen molar-refractivity contribution in [3.8, 4) is 0 Å². The number of carboxylic acid groups (broad SMARTS) is 1. The summed E-state index contributed by atoms with van der Waals surface area (Å²) in [6, 6.07) is 0. The van der Waals surface area contributed by atoms with Gasteiger partial charge in [-0.25, -0.2) is 0 Å². The third-order valence-corrected chi connectivity index (χ3v) is 4.53. The molecule has 0 saturated heterocycles. The van der Waals surface area contributed by atoms with Crippen molar-refractivity contribution in [1.29, 1.82) is 0 Å². The van der Waals surface area contributed by atoms with Crippen LogP contribution in [-0.2, 0) is 4.79 Å². The highest BCUT2D eigenvalue weighted by Gasteiger charge is 2.15. The lowest BCUT2D eigenvalue weighted by Crippen LogP contribution is -2.35. The van der Waals surface area contributed by atoms with E-state index in [1.54, 1.807) is 6.92 Å². The van der Waals surface area contributed by atoms with E-state index in [0.717, 1.165) is 12.8 Å². The summed E-state index contributed by atoms with van der Waals surface area (Å²) >= 11 is 5.86. The zero-order valence-corrected chi connectivity index (χ0v) is 14.8. The molecule has 21 heavy (non-hydrogen) atoms. The normalized spacial score (nSPS) is 14.0. The summed E-state index contributed by atoms with van der Waals surface area (Å²) in [5, 5.41) is 10.5. The molecule has 0 saturated carbocycles. The van der Waals surface area contributed by atoms with Crippen molar-refractivity contribution in [2.45, 2.75) is 103 Å². The second-order valence-corrected chi connectivity index (χ2v) is 6.97. The highest BCUT2D eigenvalue weighted by Crippen LogP contribution is 2.19. The number of aliphatic carboxylic acids is 1. The maximum Gasteiger partial charge on any atom is 0.0459 e. The Morgan fingerprint density at radius 3 is 1.57 bits per heavy atom. The van der Waals surface area contributed by atoms with Gasteiger partial charge < -0.3 is 9.90 Å². The van der Waals surface area contributed by atoms with Crippen LogP contribution in [0.3, 0.4) is 0 Å². The third-order valence-electron chi connectivity index (χ3n) is 4.23. The number of hydrogen-bond acceptors (Lipinski definition) is 2. The van der Waals surface area contributed by atoms with E-state index in [1.165, 1.54) is 64.2 Å². The molecule has 0 radical (unpaired) electrons. The van der Waals surface area contributed by atoms with Crippen LogP contribution in [0.2, 0.25) is 0 Å². The molecule has 3 heteroatoms. The molecule has 0 fully saturated rings. The predicted octanol–water partition coefficient (Wildman–Crippen LogP) is 5.07. The molecule has 0 N–H and O–H groups in total. The van der Waals surface area contributed by atoms with E-state index in [4.69, 9.17) is 11.6 Å². The van der Waals surface area contributed by atoms with Gasteiger partial charge in [0.25, 0.3) is 0 Å². The van der Waals surface area contributed by atoms with E-state index in [2.05, 4.69) is 6.92 Å². The molecular formula is C18H34ClO2-. The summed E-state index contributed by atoms with van der Waals surface area (Å²) in [5.74, 6) is -1.49. The van der Waals surface area contributed by atoms with E-state index < -0.39 is 11.9 Å². The van der Waals surface area contributed by atoms with Crippen LogP contribution in [0.15, 0.2) is 0 Å². The Hall–Kier alpha value is -0.240. The molecule has 0 aromatic heterocycles. The van der Waals surface area contributed by atoms with Gasteiger partial charge in [0.15, 0.2) is 0 Å². The minimum atomic E-state index is -0.999. The van der Waals surface area contributed by atoms with E-state index >= 15 is 0 Å². The second kappa shape index (κ2) is 14.7. The first kappa shape index (κ1) is 20.8. The Labute approximate surface area is 136 Å². The molecule has 2 atom stereocenters. The van der Waals surface area contributed by atoms with Crippen LogP contribution >= 0.6 is 11.6 Å². The molecule has 0 bridgehead atoms. The molecule has 0 amide bonds. The Balaban J connectivity index is 3.27. The summed E-state index contributed by atoms with van der Waals surface area (Å²) in [4.78, 5) is 10.9. The van der Waals surface area contributed by atoms with Crippen molar-refractivity contribution in [3.63, 3.8) is 0 Å². The maximum atomic E-state index is 10.9. The van der Waals surface area contributed by atoms with Gasteiger partial charge in [0.05, 0.1) is 0 Å². The molecule has 0 heterocycles. The van der Waals surface area contributed by atoms with Crippen molar-refractivity contribution >= 4 is 17.6 Å². The van der Waals surface area contributed by atoms with Gasteiger partial charge in [-0.05, 0) is 13.3 Å². The van der Waals surface area contributed by atoms with E-state index in [-0.39, 0.29) is 5.38 Å². The number of hydrogen-bond donors (Lipinski definition) is 0. The quantitative estimate of drug-likeness (QED) is 0.312. The molecule has 2 nitrogen and oxygen atoms in total. The molecule has 0 aliphatic rings. The van der Waals surface area contributed by atoms with Crippen molar-refractivity contribution in [2.75, 3.05) is 0 Å². The standard InChI is InChI=1S/C18H35ClO2/c1-3-4-5-6-7-8-9-10-11-12-13-14-15-17(16(2)19)18(20)21/h16-17H,3-15H2,1-2H3,(H,20,21)/p-1. The number of carbonyl (C=O) groups excluding carboxylic acids is 1. The monoisotopic (exact) mass is 317 g/mol. The van der Waals surface area contributed by atoms with Crippen molar-refractivity contribution in [1.82, 2.24) is 0 Å². The minimum absolute atomic E-state index is 0.331. The Morgan fingerprint density at radius 2 is 1.24 bits per heavy atom. The van der Waals surface area contributed by atoms with Gasteiger partial charge in [-0.1, -0.05) is 84.0 Å². The predicted molar refractivity (Wildman–Crippen MR) is 89.5 cm³/mol. The van der Waals surface area contributed by atoms with Crippen molar-refractivity contribution in [2.24, 2.45) is 5.92 Å². The maximum absolute atomic E-state index is 10.9. The number of halogens is 1. The molecule has 0 aliphatic heterocycles. The fourth-order valence-corrected chi connectivity index (χ4v) is 2.97. The van der Waals surface area contributed by atoms with Gasteiger partial charge >= 0.3 is 0 Å². The van der Waals surface area contributed by atoms with Gasteiger partial charge in [0.1, 0.15) is 0 Å². The molecule has 2 unspecified atom stereocenters. The molecule has 0 aromatic carbocycles. The SMILES string of the molecule is CCCCCCCCCCCCCCC(C(=O)[O-])C(C)Cl. The Morgan fingerprint density at radius 1 is 0.857 bits per heavy atom. The number of carboxylic acids is 1. The largest absolute Gasteiger partial charge is 0.550 e. The van der Waals surface area contributed by atoms with Crippen molar-refractivity contribution < 1.29 is 9.90 Å². The lowest BCUT2D eigenvalue weighted by atomic mass is 9.97. The van der Waals surface area contributed by atoms with Crippen LogP contribution in [0.5, 0.6) is 0 Å². The number of unbranched alkanes of at least 4 members (excludes halogenated alkanes) is 11. The average molecular weight is 318 g/mol. The first-order valence-electron chi connectivity index (χ1n) is 8.94.